The van der Waals surface area contributed by atoms with Crippen LogP contribution in [0.5, 0.6) is 5.75 Å². The zero-order valence-electron chi connectivity index (χ0n) is 9.95. The molecule has 0 radical (unpaired) electrons. The fourth-order valence-electron chi connectivity index (χ4n) is 1.42. The standard InChI is InChI=1S/C12H10BrF2NO3/c1-2-18-11(17)5-9-7(6-16)3-8(4-10(9)13)19-12(14)15/h3-4,12H,2,5H2,1H3. The van der Waals surface area contributed by atoms with E-state index in [9.17, 15) is 13.6 Å². The maximum atomic E-state index is 12.1. The molecule has 19 heavy (non-hydrogen) atoms. The van der Waals surface area contributed by atoms with E-state index < -0.39 is 12.6 Å². The monoisotopic (exact) mass is 333 g/mol. The smallest absolute Gasteiger partial charge is 0.387 e. The predicted octanol–water partition coefficient (Wildman–Crippen LogP) is 3.03. The van der Waals surface area contributed by atoms with Crippen molar-refractivity contribution in [1.29, 1.82) is 5.26 Å². The molecule has 4 nitrogen and oxygen atoms in total. The number of ether oxygens (including phenoxy) is 2. The van der Waals surface area contributed by atoms with Crippen molar-refractivity contribution in [2.45, 2.75) is 20.0 Å². The summed E-state index contributed by atoms with van der Waals surface area (Å²) in [6.07, 6.45) is -0.119. The molecule has 0 aromatic heterocycles. The van der Waals surface area contributed by atoms with Crippen molar-refractivity contribution < 1.29 is 23.0 Å². The van der Waals surface area contributed by atoms with E-state index in [2.05, 4.69) is 20.7 Å². The molecule has 0 saturated heterocycles. The molecule has 0 heterocycles. The van der Waals surface area contributed by atoms with Crippen LogP contribution in [-0.2, 0) is 16.0 Å². The lowest BCUT2D eigenvalue weighted by molar-refractivity contribution is -0.142. The number of halogens is 3. The zero-order chi connectivity index (χ0) is 14.4. The van der Waals surface area contributed by atoms with E-state index >= 15 is 0 Å². The summed E-state index contributed by atoms with van der Waals surface area (Å²) in [5, 5.41) is 8.98. The van der Waals surface area contributed by atoms with E-state index in [1.165, 1.54) is 6.07 Å². The van der Waals surface area contributed by atoms with Crippen molar-refractivity contribution in [3.05, 3.63) is 27.7 Å². The Morgan fingerprint density at radius 1 is 1.53 bits per heavy atom. The minimum Gasteiger partial charge on any atom is -0.466 e. The second-order valence-electron chi connectivity index (χ2n) is 3.40. The summed E-state index contributed by atoms with van der Waals surface area (Å²) >= 11 is 3.12. The van der Waals surface area contributed by atoms with Crippen LogP contribution in [0.25, 0.3) is 0 Å². The highest BCUT2D eigenvalue weighted by molar-refractivity contribution is 9.10. The van der Waals surface area contributed by atoms with E-state index in [4.69, 9.17) is 10.00 Å². The Hall–Kier alpha value is -1.68. The Bertz CT molecular complexity index is 514. The van der Waals surface area contributed by atoms with E-state index in [1.807, 2.05) is 6.07 Å². The van der Waals surface area contributed by atoms with Crippen molar-refractivity contribution in [2.24, 2.45) is 0 Å². The maximum Gasteiger partial charge on any atom is 0.387 e. The largest absolute Gasteiger partial charge is 0.466 e. The first-order valence-electron chi connectivity index (χ1n) is 5.30. The van der Waals surface area contributed by atoms with Gasteiger partial charge in [-0.15, -0.1) is 0 Å². The number of nitriles is 1. The predicted molar refractivity (Wildman–Crippen MR) is 65.8 cm³/mol. The van der Waals surface area contributed by atoms with Crippen molar-refractivity contribution in [1.82, 2.24) is 0 Å². The van der Waals surface area contributed by atoms with Gasteiger partial charge in [-0.3, -0.25) is 4.79 Å². The van der Waals surface area contributed by atoms with E-state index in [0.29, 0.717) is 10.0 Å². The SMILES string of the molecule is CCOC(=O)Cc1c(Br)cc(OC(F)F)cc1C#N. The summed E-state index contributed by atoms with van der Waals surface area (Å²) in [7, 11) is 0. The van der Waals surface area contributed by atoms with Gasteiger partial charge in [-0.05, 0) is 24.6 Å². The van der Waals surface area contributed by atoms with Crippen molar-refractivity contribution in [3.8, 4) is 11.8 Å². The molecule has 0 bridgehead atoms. The van der Waals surface area contributed by atoms with Gasteiger partial charge in [0.15, 0.2) is 0 Å². The van der Waals surface area contributed by atoms with Crippen LogP contribution in [0.3, 0.4) is 0 Å². The molecule has 102 valence electrons. The van der Waals surface area contributed by atoms with Gasteiger partial charge < -0.3 is 9.47 Å². The van der Waals surface area contributed by atoms with Gasteiger partial charge >= 0.3 is 12.6 Å². The minimum atomic E-state index is -2.98. The number of alkyl halides is 2. The summed E-state index contributed by atoms with van der Waals surface area (Å²) in [6, 6.07) is 4.27. The van der Waals surface area contributed by atoms with Crippen molar-refractivity contribution in [2.75, 3.05) is 6.61 Å². The van der Waals surface area contributed by atoms with Crippen LogP contribution in [0.1, 0.15) is 18.1 Å². The molecule has 0 saturated carbocycles. The van der Waals surface area contributed by atoms with Gasteiger partial charge in [-0.1, -0.05) is 15.9 Å². The molecule has 0 aliphatic carbocycles. The number of nitrogens with zero attached hydrogens (tertiary/aromatic N) is 1. The molecule has 0 aliphatic heterocycles. The average Bonchev–Trinajstić information content (AvgIpc) is 2.31. The summed E-state index contributed by atoms with van der Waals surface area (Å²) in [5.41, 5.74) is 0.459. The number of carbonyl (C=O) groups is 1. The Labute approximate surface area is 117 Å². The molecule has 1 aromatic rings. The quantitative estimate of drug-likeness (QED) is 0.777. The third kappa shape index (κ3) is 4.48. The zero-order valence-corrected chi connectivity index (χ0v) is 11.5. The molecule has 1 rings (SSSR count). The lowest BCUT2D eigenvalue weighted by Gasteiger charge is -2.10. The van der Waals surface area contributed by atoms with Crippen LogP contribution in [0.2, 0.25) is 0 Å². The van der Waals surface area contributed by atoms with Gasteiger partial charge in [0.2, 0.25) is 0 Å². The summed E-state index contributed by atoms with van der Waals surface area (Å²) in [5.74, 6) is -0.645. The molecule has 0 unspecified atom stereocenters. The maximum absolute atomic E-state index is 12.1. The third-order valence-corrected chi connectivity index (χ3v) is 2.85. The molecule has 0 fully saturated rings. The summed E-state index contributed by atoms with van der Waals surface area (Å²) in [6.45, 7) is -1.09. The van der Waals surface area contributed by atoms with Crippen LogP contribution in [0.4, 0.5) is 8.78 Å². The van der Waals surface area contributed by atoms with Crippen molar-refractivity contribution in [3.63, 3.8) is 0 Å². The third-order valence-electron chi connectivity index (χ3n) is 2.14. The average molecular weight is 334 g/mol. The summed E-state index contributed by atoms with van der Waals surface area (Å²) < 4.78 is 33.5. The highest BCUT2D eigenvalue weighted by Gasteiger charge is 2.16. The molecule has 0 amide bonds. The van der Waals surface area contributed by atoms with Crippen LogP contribution in [-0.4, -0.2) is 19.2 Å². The van der Waals surface area contributed by atoms with Crippen LogP contribution >= 0.6 is 15.9 Å². The number of hydrogen-bond acceptors (Lipinski definition) is 4. The Morgan fingerprint density at radius 3 is 2.74 bits per heavy atom. The second kappa shape index (κ2) is 7.04. The van der Waals surface area contributed by atoms with Gasteiger partial charge in [0.1, 0.15) is 5.75 Å². The Morgan fingerprint density at radius 2 is 2.21 bits per heavy atom. The van der Waals surface area contributed by atoms with Gasteiger partial charge in [-0.2, -0.15) is 14.0 Å². The highest BCUT2D eigenvalue weighted by Crippen LogP contribution is 2.28. The molecule has 0 spiro atoms. The van der Waals surface area contributed by atoms with Gasteiger partial charge in [0, 0.05) is 4.47 Å². The fourth-order valence-corrected chi connectivity index (χ4v) is 2.00. The topological polar surface area (TPSA) is 59.3 Å². The van der Waals surface area contributed by atoms with Crippen LogP contribution < -0.4 is 4.74 Å². The molecule has 0 atom stereocenters. The van der Waals surface area contributed by atoms with Crippen molar-refractivity contribution >= 4 is 21.9 Å². The first kappa shape index (κ1) is 15.4. The van der Waals surface area contributed by atoms with Gasteiger partial charge in [0.25, 0.3) is 0 Å². The molecule has 7 heteroatoms. The lowest BCUT2D eigenvalue weighted by Crippen LogP contribution is -2.10. The molecule has 1 aromatic carbocycles. The van der Waals surface area contributed by atoms with Crippen LogP contribution in [0, 0.1) is 11.3 Å². The first-order chi connectivity index (χ1) is 8.97. The Balaban J connectivity index is 3.05. The molecule has 0 N–H and O–H groups in total. The molecule has 0 aliphatic rings. The van der Waals surface area contributed by atoms with E-state index in [-0.39, 0.29) is 24.3 Å². The summed E-state index contributed by atoms with van der Waals surface area (Å²) in [4.78, 5) is 11.4. The Kier molecular flexibility index (Phi) is 5.70. The van der Waals surface area contributed by atoms with E-state index in [0.717, 1.165) is 6.07 Å². The number of rotatable bonds is 5. The molecular formula is C12H10BrF2NO3. The number of carbonyl (C=O) groups excluding carboxylic acids is 1. The number of hydrogen-bond donors (Lipinski definition) is 0. The first-order valence-corrected chi connectivity index (χ1v) is 6.10. The number of esters is 1. The van der Waals surface area contributed by atoms with Gasteiger partial charge in [0.05, 0.1) is 24.7 Å². The molecular weight excluding hydrogens is 324 g/mol. The normalized spacial score (nSPS) is 10.1. The fraction of sp³-hybridized carbons (Fsp3) is 0.333. The lowest BCUT2D eigenvalue weighted by atomic mass is 10.1. The van der Waals surface area contributed by atoms with E-state index in [1.54, 1.807) is 6.92 Å². The second-order valence-corrected chi connectivity index (χ2v) is 4.26. The minimum absolute atomic E-state index is 0.0816. The van der Waals surface area contributed by atoms with Crippen LogP contribution in [0.15, 0.2) is 16.6 Å². The number of benzene rings is 1. The van der Waals surface area contributed by atoms with Gasteiger partial charge in [-0.25, -0.2) is 0 Å². The highest BCUT2D eigenvalue weighted by atomic mass is 79.9.